The normalized spacial score (nSPS) is 21.5. The summed E-state index contributed by atoms with van der Waals surface area (Å²) in [6, 6.07) is 17.7. The molecule has 0 saturated carbocycles. The molecule has 20 heavy (non-hydrogen) atoms. The van der Waals surface area contributed by atoms with Crippen molar-refractivity contribution in [2.24, 2.45) is 0 Å². The summed E-state index contributed by atoms with van der Waals surface area (Å²) in [5.41, 5.74) is 5.81. The third-order valence-corrected chi connectivity index (χ3v) is 4.59. The molecular formula is C18H20N2. The third-order valence-electron chi connectivity index (χ3n) is 4.59. The van der Waals surface area contributed by atoms with Crippen molar-refractivity contribution in [2.45, 2.75) is 5.92 Å². The molecule has 2 nitrogen and oxygen atoms in total. The molecule has 3 aliphatic rings. The van der Waals surface area contributed by atoms with Crippen LogP contribution in [-0.2, 0) is 0 Å². The zero-order chi connectivity index (χ0) is 13.4. The van der Waals surface area contributed by atoms with E-state index in [-0.39, 0.29) is 0 Å². The molecule has 1 heterocycles. The maximum Gasteiger partial charge on any atom is 0.0223 e. The molecule has 2 bridgehead atoms. The molecule has 102 valence electrons. The molecule has 2 heteroatoms. The summed E-state index contributed by atoms with van der Waals surface area (Å²) in [5.74, 6) is 0.633. The Hall–Kier alpha value is -1.64. The van der Waals surface area contributed by atoms with Crippen LogP contribution in [0.25, 0.3) is 11.1 Å². The van der Waals surface area contributed by atoms with E-state index in [1.807, 2.05) is 0 Å². The van der Waals surface area contributed by atoms with Crippen molar-refractivity contribution in [2.75, 3.05) is 32.7 Å². The molecule has 0 radical (unpaired) electrons. The monoisotopic (exact) mass is 264 g/mol. The number of hydrogen-bond donors (Lipinski definition) is 1. The van der Waals surface area contributed by atoms with Crippen LogP contribution in [-0.4, -0.2) is 37.6 Å². The number of benzene rings is 2. The SMILES string of the molecule is c1ccc(-c2ccc3cc2C3CN2CCNCC2)cc1. The van der Waals surface area contributed by atoms with Crippen molar-refractivity contribution in [3.8, 4) is 11.1 Å². The Morgan fingerprint density at radius 3 is 2.55 bits per heavy atom. The van der Waals surface area contributed by atoms with Crippen molar-refractivity contribution in [3.63, 3.8) is 0 Å². The number of nitrogens with one attached hydrogen (secondary N) is 1. The van der Waals surface area contributed by atoms with E-state index >= 15 is 0 Å². The Labute approximate surface area is 120 Å². The molecule has 1 fully saturated rings. The molecule has 1 unspecified atom stereocenters. The molecule has 1 atom stereocenters. The fraction of sp³-hybridized carbons (Fsp3) is 0.333. The van der Waals surface area contributed by atoms with Crippen LogP contribution in [0.4, 0.5) is 0 Å². The maximum atomic E-state index is 3.43. The highest BCUT2D eigenvalue weighted by molar-refractivity contribution is 5.73. The van der Waals surface area contributed by atoms with Crippen molar-refractivity contribution >= 4 is 0 Å². The van der Waals surface area contributed by atoms with E-state index in [2.05, 4.69) is 58.7 Å². The molecule has 2 aromatic rings. The first kappa shape index (κ1) is 12.1. The second-order valence-corrected chi connectivity index (χ2v) is 5.82. The van der Waals surface area contributed by atoms with Crippen molar-refractivity contribution in [3.05, 3.63) is 59.7 Å². The van der Waals surface area contributed by atoms with Gasteiger partial charge in [0, 0.05) is 38.6 Å². The number of piperazine rings is 1. The van der Waals surface area contributed by atoms with E-state index in [0.717, 1.165) is 13.1 Å². The van der Waals surface area contributed by atoms with Crippen molar-refractivity contribution in [1.82, 2.24) is 10.2 Å². The lowest BCUT2D eigenvalue weighted by Crippen LogP contribution is -2.45. The van der Waals surface area contributed by atoms with Gasteiger partial charge in [-0.05, 0) is 22.3 Å². The van der Waals surface area contributed by atoms with Gasteiger partial charge in [-0.1, -0.05) is 48.5 Å². The largest absolute Gasteiger partial charge is 0.314 e. The quantitative estimate of drug-likeness (QED) is 0.917. The van der Waals surface area contributed by atoms with Gasteiger partial charge in [-0.25, -0.2) is 0 Å². The molecule has 0 spiro atoms. The highest BCUT2D eigenvalue weighted by Crippen LogP contribution is 2.42. The Morgan fingerprint density at radius 2 is 1.80 bits per heavy atom. The van der Waals surface area contributed by atoms with Gasteiger partial charge >= 0.3 is 0 Å². The minimum Gasteiger partial charge on any atom is -0.314 e. The first-order chi connectivity index (χ1) is 9.92. The van der Waals surface area contributed by atoms with Gasteiger partial charge in [0.05, 0.1) is 0 Å². The van der Waals surface area contributed by atoms with Gasteiger partial charge in [0.1, 0.15) is 0 Å². The van der Waals surface area contributed by atoms with Crippen LogP contribution in [0.3, 0.4) is 0 Å². The van der Waals surface area contributed by atoms with Gasteiger partial charge in [0.25, 0.3) is 0 Å². The van der Waals surface area contributed by atoms with Gasteiger partial charge < -0.3 is 5.32 Å². The Balaban J connectivity index is 1.57. The van der Waals surface area contributed by atoms with Crippen LogP contribution in [0.1, 0.15) is 17.0 Å². The molecule has 1 saturated heterocycles. The molecule has 1 N–H and O–H groups in total. The summed E-state index contributed by atoms with van der Waals surface area (Å²) in [4.78, 5) is 2.59. The summed E-state index contributed by atoms with van der Waals surface area (Å²) in [6.07, 6.45) is 0. The predicted octanol–water partition coefficient (Wildman–Crippen LogP) is 2.70. The third kappa shape index (κ3) is 2.05. The zero-order valence-electron chi connectivity index (χ0n) is 11.7. The highest BCUT2D eigenvalue weighted by Gasteiger charge is 2.29. The van der Waals surface area contributed by atoms with Crippen LogP contribution < -0.4 is 5.32 Å². The van der Waals surface area contributed by atoms with E-state index in [4.69, 9.17) is 0 Å². The van der Waals surface area contributed by atoms with E-state index in [9.17, 15) is 0 Å². The van der Waals surface area contributed by atoms with Gasteiger partial charge in [0.15, 0.2) is 0 Å². The lowest BCUT2D eigenvalue weighted by atomic mass is 9.75. The summed E-state index contributed by atoms with van der Waals surface area (Å²) in [7, 11) is 0. The zero-order valence-corrected chi connectivity index (χ0v) is 11.7. The standard InChI is InChI=1S/C18H20N2/c1-2-4-14(5-3-1)16-7-6-15-12-17(16)18(15)13-20-10-8-19-9-11-20/h1-7,12,18-19H,8-11,13H2. The lowest BCUT2D eigenvalue weighted by Gasteiger charge is -2.36. The van der Waals surface area contributed by atoms with Gasteiger partial charge in [-0.2, -0.15) is 0 Å². The Bertz CT molecular complexity index is 596. The molecule has 0 aromatic heterocycles. The topological polar surface area (TPSA) is 15.3 Å². The molecular weight excluding hydrogens is 244 g/mol. The molecule has 1 aliphatic heterocycles. The van der Waals surface area contributed by atoms with E-state index in [1.165, 1.54) is 41.9 Å². The number of rotatable bonds is 3. The van der Waals surface area contributed by atoms with E-state index < -0.39 is 0 Å². The highest BCUT2D eigenvalue weighted by atomic mass is 15.2. The predicted molar refractivity (Wildman–Crippen MR) is 83.0 cm³/mol. The van der Waals surface area contributed by atoms with Gasteiger partial charge in [-0.15, -0.1) is 0 Å². The number of nitrogens with zero attached hydrogens (tertiary/aromatic N) is 1. The van der Waals surface area contributed by atoms with Gasteiger partial charge in [-0.3, -0.25) is 4.90 Å². The number of fused-ring (bicyclic) bond motifs is 2. The summed E-state index contributed by atoms with van der Waals surface area (Å²) >= 11 is 0. The second kappa shape index (κ2) is 5.04. The summed E-state index contributed by atoms with van der Waals surface area (Å²) in [6.45, 7) is 5.81. The van der Waals surface area contributed by atoms with Crippen molar-refractivity contribution in [1.29, 1.82) is 0 Å². The fourth-order valence-corrected chi connectivity index (χ4v) is 3.41. The first-order valence-corrected chi connectivity index (χ1v) is 7.54. The lowest BCUT2D eigenvalue weighted by molar-refractivity contribution is 0.232. The minimum absolute atomic E-state index is 0.633. The average Bonchev–Trinajstić information content (AvgIpc) is 2.54. The number of hydrogen-bond acceptors (Lipinski definition) is 2. The smallest absolute Gasteiger partial charge is 0.0223 e. The van der Waals surface area contributed by atoms with Crippen LogP contribution in [0, 0.1) is 0 Å². The summed E-state index contributed by atoms with van der Waals surface area (Å²) < 4.78 is 0. The molecule has 0 amide bonds. The maximum absolute atomic E-state index is 3.43. The minimum atomic E-state index is 0.633. The van der Waals surface area contributed by atoms with E-state index in [0.29, 0.717) is 5.92 Å². The summed E-state index contributed by atoms with van der Waals surface area (Å²) in [5, 5.41) is 3.43. The Kier molecular flexibility index (Phi) is 3.06. The van der Waals surface area contributed by atoms with Crippen LogP contribution in [0.5, 0.6) is 0 Å². The van der Waals surface area contributed by atoms with Crippen LogP contribution in [0.15, 0.2) is 48.5 Å². The van der Waals surface area contributed by atoms with Gasteiger partial charge in [0.2, 0.25) is 0 Å². The first-order valence-electron chi connectivity index (χ1n) is 7.54. The van der Waals surface area contributed by atoms with Crippen LogP contribution >= 0.6 is 0 Å². The second-order valence-electron chi connectivity index (χ2n) is 5.82. The molecule has 2 aliphatic carbocycles. The molecule has 2 aromatic carbocycles. The van der Waals surface area contributed by atoms with Crippen molar-refractivity contribution < 1.29 is 0 Å². The average molecular weight is 264 g/mol. The Morgan fingerprint density at radius 1 is 1.00 bits per heavy atom. The van der Waals surface area contributed by atoms with Crippen LogP contribution in [0.2, 0.25) is 0 Å². The fourth-order valence-electron chi connectivity index (χ4n) is 3.41. The van der Waals surface area contributed by atoms with E-state index in [1.54, 1.807) is 0 Å². The molecule has 5 rings (SSSR count).